The summed E-state index contributed by atoms with van der Waals surface area (Å²) in [6, 6.07) is 0. The lowest BCUT2D eigenvalue weighted by Gasteiger charge is -2.36. The molecule has 4 heteroatoms. The lowest BCUT2D eigenvalue weighted by atomic mass is 9.96. The molecule has 94 valence electrons. The van der Waals surface area contributed by atoms with E-state index < -0.39 is 0 Å². The molecule has 2 N–H and O–H groups in total. The highest BCUT2D eigenvalue weighted by atomic mass is 16.3. The molecule has 0 aromatic carbocycles. The van der Waals surface area contributed by atoms with E-state index in [1.807, 2.05) is 0 Å². The number of β-amino-alcohol motifs (C(OH)–C–C–N with tert-alkyl or cyclic N) is 1. The van der Waals surface area contributed by atoms with Crippen molar-refractivity contribution in [1.29, 1.82) is 0 Å². The van der Waals surface area contributed by atoms with Gasteiger partial charge in [-0.15, -0.1) is 0 Å². The van der Waals surface area contributed by atoms with E-state index in [0.717, 1.165) is 25.6 Å². The third kappa shape index (κ3) is 3.70. The molecule has 0 spiro atoms. The number of nitrogens with one attached hydrogen (secondary N) is 1. The standard InChI is InChI=1S/C12H25N3O/c16-10-9-14-5-1-12(2-6-14)11-15-7-3-13-4-8-15/h12-13,16H,1-11H2. The van der Waals surface area contributed by atoms with E-state index in [4.69, 9.17) is 5.11 Å². The quantitative estimate of drug-likeness (QED) is 0.685. The van der Waals surface area contributed by atoms with Gasteiger partial charge >= 0.3 is 0 Å². The molecular formula is C12H25N3O. The molecule has 0 bridgehead atoms. The first-order chi connectivity index (χ1) is 7.88. The summed E-state index contributed by atoms with van der Waals surface area (Å²) in [5, 5.41) is 12.3. The van der Waals surface area contributed by atoms with Crippen LogP contribution in [-0.4, -0.2) is 73.9 Å². The monoisotopic (exact) mass is 227 g/mol. The fourth-order valence-electron chi connectivity index (χ4n) is 2.79. The Morgan fingerprint density at radius 1 is 1.00 bits per heavy atom. The van der Waals surface area contributed by atoms with Crippen LogP contribution in [0.5, 0.6) is 0 Å². The Hall–Kier alpha value is -0.160. The first-order valence-electron chi connectivity index (χ1n) is 6.65. The predicted molar refractivity (Wildman–Crippen MR) is 65.6 cm³/mol. The molecule has 4 nitrogen and oxygen atoms in total. The van der Waals surface area contributed by atoms with Crippen LogP contribution in [0.2, 0.25) is 0 Å². The van der Waals surface area contributed by atoms with Crippen molar-refractivity contribution in [3.05, 3.63) is 0 Å². The zero-order chi connectivity index (χ0) is 11.2. The van der Waals surface area contributed by atoms with Crippen LogP contribution in [0, 0.1) is 5.92 Å². The zero-order valence-electron chi connectivity index (χ0n) is 10.2. The van der Waals surface area contributed by atoms with Crippen molar-refractivity contribution in [3.8, 4) is 0 Å². The summed E-state index contributed by atoms with van der Waals surface area (Å²) >= 11 is 0. The average Bonchev–Trinajstić information content (AvgIpc) is 2.33. The third-order valence-electron chi connectivity index (χ3n) is 3.85. The number of rotatable bonds is 4. The highest BCUT2D eigenvalue weighted by Gasteiger charge is 2.21. The van der Waals surface area contributed by atoms with E-state index in [1.165, 1.54) is 45.6 Å². The van der Waals surface area contributed by atoms with Gasteiger partial charge in [0.15, 0.2) is 0 Å². The average molecular weight is 227 g/mol. The van der Waals surface area contributed by atoms with Crippen molar-refractivity contribution in [3.63, 3.8) is 0 Å². The second-order valence-corrected chi connectivity index (χ2v) is 5.06. The third-order valence-corrected chi connectivity index (χ3v) is 3.85. The van der Waals surface area contributed by atoms with Gasteiger partial charge in [-0.05, 0) is 31.8 Å². The number of piperazine rings is 1. The minimum Gasteiger partial charge on any atom is -0.395 e. The smallest absolute Gasteiger partial charge is 0.0558 e. The Bertz CT molecular complexity index is 187. The summed E-state index contributed by atoms with van der Waals surface area (Å²) in [6.45, 7) is 9.56. The molecule has 2 heterocycles. The number of piperidine rings is 1. The van der Waals surface area contributed by atoms with Crippen molar-refractivity contribution in [1.82, 2.24) is 15.1 Å². The van der Waals surface area contributed by atoms with E-state index in [-0.39, 0.29) is 0 Å². The topological polar surface area (TPSA) is 38.7 Å². The first-order valence-corrected chi connectivity index (χ1v) is 6.65. The van der Waals surface area contributed by atoms with Crippen LogP contribution < -0.4 is 5.32 Å². The van der Waals surface area contributed by atoms with E-state index in [9.17, 15) is 0 Å². The lowest BCUT2D eigenvalue weighted by Crippen LogP contribution is -2.47. The van der Waals surface area contributed by atoms with Gasteiger partial charge in [0.1, 0.15) is 0 Å². The van der Waals surface area contributed by atoms with Crippen LogP contribution in [0.15, 0.2) is 0 Å². The summed E-state index contributed by atoms with van der Waals surface area (Å²) in [7, 11) is 0. The van der Waals surface area contributed by atoms with Gasteiger partial charge in [0.2, 0.25) is 0 Å². The molecule has 2 saturated heterocycles. The van der Waals surface area contributed by atoms with Crippen LogP contribution >= 0.6 is 0 Å². The molecular weight excluding hydrogens is 202 g/mol. The lowest BCUT2D eigenvalue weighted by molar-refractivity contribution is 0.119. The Morgan fingerprint density at radius 2 is 1.69 bits per heavy atom. The molecule has 2 rings (SSSR count). The maximum absolute atomic E-state index is 8.89. The molecule has 2 aliphatic heterocycles. The SMILES string of the molecule is OCCN1CCC(CN2CCNCC2)CC1. The van der Waals surface area contributed by atoms with E-state index in [1.54, 1.807) is 0 Å². The summed E-state index contributed by atoms with van der Waals surface area (Å²) in [4.78, 5) is 4.98. The second kappa shape index (κ2) is 6.55. The molecule has 2 fully saturated rings. The highest BCUT2D eigenvalue weighted by Crippen LogP contribution is 2.18. The number of likely N-dealkylation sites (tertiary alicyclic amines) is 1. The van der Waals surface area contributed by atoms with Gasteiger partial charge in [-0.1, -0.05) is 0 Å². The molecule has 0 atom stereocenters. The summed E-state index contributed by atoms with van der Waals surface area (Å²) in [5.41, 5.74) is 0. The fraction of sp³-hybridized carbons (Fsp3) is 1.00. The van der Waals surface area contributed by atoms with Crippen LogP contribution in [-0.2, 0) is 0 Å². The van der Waals surface area contributed by atoms with Gasteiger partial charge in [0, 0.05) is 39.3 Å². The number of nitrogens with zero attached hydrogens (tertiary/aromatic N) is 2. The van der Waals surface area contributed by atoms with Gasteiger partial charge in [0.05, 0.1) is 6.61 Å². The number of hydrogen-bond acceptors (Lipinski definition) is 4. The molecule has 0 unspecified atom stereocenters. The van der Waals surface area contributed by atoms with Crippen molar-refractivity contribution >= 4 is 0 Å². The van der Waals surface area contributed by atoms with Crippen LogP contribution in [0.4, 0.5) is 0 Å². The van der Waals surface area contributed by atoms with Gasteiger partial charge in [-0.3, -0.25) is 0 Å². The molecule has 2 aliphatic rings. The van der Waals surface area contributed by atoms with Gasteiger partial charge in [-0.2, -0.15) is 0 Å². The van der Waals surface area contributed by atoms with Crippen molar-refractivity contribution in [2.24, 2.45) is 5.92 Å². The molecule has 0 aromatic rings. The highest BCUT2D eigenvalue weighted by molar-refractivity contribution is 4.77. The Kier molecular flexibility index (Phi) is 5.03. The summed E-state index contributed by atoms with van der Waals surface area (Å²) in [5.74, 6) is 0.882. The summed E-state index contributed by atoms with van der Waals surface area (Å²) < 4.78 is 0. The Labute approximate surface area is 98.6 Å². The van der Waals surface area contributed by atoms with Crippen LogP contribution in [0.3, 0.4) is 0 Å². The van der Waals surface area contributed by atoms with Gasteiger partial charge in [-0.25, -0.2) is 0 Å². The van der Waals surface area contributed by atoms with Crippen molar-refractivity contribution < 1.29 is 5.11 Å². The van der Waals surface area contributed by atoms with E-state index in [2.05, 4.69) is 15.1 Å². The minimum absolute atomic E-state index is 0.308. The van der Waals surface area contributed by atoms with E-state index >= 15 is 0 Å². The molecule has 16 heavy (non-hydrogen) atoms. The van der Waals surface area contributed by atoms with Crippen LogP contribution in [0.25, 0.3) is 0 Å². The molecule has 0 aromatic heterocycles. The number of hydrogen-bond donors (Lipinski definition) is 2. The minimum atomic E-state index is 0.308. The van der Waals surface area contributed by atoms with Gasteiger partial charge < -0.3 is 20.2 Å². The largest absolute Gasteiger partial charge is 0.395 e. The Balaban J connectivity index is 1.64. The predicted octanol–water partition coefficient (Wildman–Crippen LogP) is -0.404. The number of aliphatic hydroxyl groups excluding tert-OH is 1. The van der Waals surface area contributed by atoms with E-state index in [0.29, 0.717) is 6.61 Å². The van der Waals surface area contributed by atoms with Gasteiger partial charge in [0.25, 0.3) is 0 Å². The number of aliphatic hydroxyl groups is 1. The Morgan fingerprint density at radius 3 is 2.31 bits per heavy atom. The van der Waals surface area contributed by atoms with Crippen LogP contribution in [0.1, 0.15) is 12.8 Å². The second-order valence-electron chi connectivity index (χ2n) is 5.06. The zero-order valence-corrected chi connectivity index (χ0v) is 10.2. The normalized spacial score (nSPS) is 26.1. The maximum atomic E-state index is 8.89. The first kappa shape index (κ1) is 12.3. The molecule has 0 amide bonds. The maximum Gasteiger partial charge on any atom is 0.0558 e. The van der Waals surface area contributed by atoms with Crippen molar-refractivity contribution in [2.75, 3.05) is 59.0 Å². The molecule has 0 saturated carbocycles. The fourth-order valence-corrected chi connectivity index (χ4v) is 2.79. The molecule has 0 radical (unpaired) electrons. The summed E-state index contributed by atoms with van der Waals surface area (Å²) in [6.07, 6.45) is 2.62. The van der Waals surface area contributed by atoms with Crippen molar-refractivity contribution in [2.45, 2.75) is 12.8 Å². The molecule has 0 aliphatic carbocycles.